The van der Waals surface area contributed by atoms with Crippen LogP contribution in [0.2, 0.25) is 0 Å². The molecule has 0 spiro atoms. The van der Waals surface area contributed by atoms with Gasteiger partial charge in [0.15, 0.2) is 5.75 Å². The van der Waals surface area contributed by atoms with Crippen LogP contribution in [0.4, 0.5) is 0 Å². The van der Waals surface area contributed by atoms with Gasteiger partial charge in [-0.05, 0) is 30.4 Å². The second-order valence-electron chi connectivity index (χ2n) is 5.50. The Morgan fingerprint density at radius 1 is 1.09 bits per heavy atom. The van der Waals surface area contributed by atoms with Crippen molar-refractivity contribution in [2.45, 2.75) is 33.1 Å². The van der Waals surface area contributed by atoms with Crippen LogP contribution in [-0.2, 0) is 11.2 Å². The second kappa shape index (κ2) is 8.77. The predicted octanol–water partition coefficient (Wildman–Crippen LogP) is 3.26. The fourth-order valence-electron chi connectivity index (χ4n) is 1.85. The van der Waals surface area contributed by atoms with Gasteiger partial charge in [0, 0.05) is 0 Å². The minimum Gasteiger partial charge on any atom is -0.505 e. The van der Waals surface area contributed by atoms with E-state index in [1.54, 1.807) is 6.92 Å². The van der Waals surface area contributed by atoms with Crippen molar-refractivity contribution in [1.82, 2.24) is 9.97 Å². The molecule has 1 aromatic carbocycles. The van der Waals surface area contributed by atoms with E-state index < -0.39 is 11.9 Å². The van der Waals surface area contributed by atoms with E-state index in [0.717, 1.165) is 12.0 Å². The number of aliphatic carboxylic acids is 1. The van der Waals surface area contributed by atoms with Gasteiger partial charge in [-0.1, -0.05) is 38.1 Å². The average molecular weight is 302 g/mol. The minimum atomic E-state index is -0.772. The van der Waals surface area contributed by atoms with E-state index in [0.29, 0.717) is 5.92 Å². The number of hydrogen-bond acceptors (Lipinski definition) is 4. The van der Waals surface area contributed by atoms with Gasteiger partial charge in [0.2, 0.25) is 0 Å². The Morgan fingerprint density at radius 3 is 2.00 bits per heavy atom. The van der Waals surface area contributed by atoms with Crippen LogP contribution in [0, 0.1) is 5.92 Å². The summed E-state index contributed by atoms with van der Waals surface area (Å²) in [7, 11) is 0. The molecule has 2 rings (SSSR count). The van der Waals surface area contributed by atoms with E-state index in [-0.39, 0.29) is 5.75 Å². The molecule has 0 saturated heterocycles. The molecule has 0 aliphatic heterocycles. The van der Waals surface area contributed by atoms with Crippen LogP contribution in [0.3, 0.4) is 0 Å². The Bertz CT molecular complexity index is 568. The monoisotopic (exact) mass is 302 g/mol. The molecule has 0 saturated carbocycles. The molecule has 2 aromatic rings. The van der Waals surface area contributed by atoms with E-state index in [2.05, 4.69) is 23.8 Å². The molecular weight excluding hydrogens is 280 g/mol. The molecule has 0 amide bonds. The van der Waals surface area contributed by atoms with E-state index in [4.69, 9.17) is 10.2 Å². The van der Waals surface area contributed by atoms with Gasteiger partial charge in [-0.2, -0.15) is 0 Å². The van der Waals surface area contributed by atoms with Crippen molar-refractivity contribution in [3.05, 3.63) is 54.1 Å². The summed E-state index contributed by atoms with van der Waals surface area (Å²) < 4.78 is 0. The number of carbonyl (C=O) groups is 1. The topological polar surface area (TPSA) is 83.3 Å². The van der Waals surface area contributed by atoms with E-state index in [1.165, 1.54) is 24.3 Å². The number of carboxylic acids is 1. The molecule has 0 aliphatic rings. The van der Waals surface area contributed by atoms with Gasteiger partial charge < -0.3 is 10.2 Å². The Hall–Kier alpha value is -2.43. The van der Waals surface area contributed by atoms with Crippen molar-refractivity contribution in [2.24, 2.45) is 5.92 Å². The van der Waals surface area contributed by atoms with Gasteiger partial charge >= 0.3 is 5.97 Å². The summed E-state index contributed by atoms with van der Waals surface area (Å²) in [4.78, 5) is 17.8. The maximum absolute atomic E-state index is 10.8. The number of benzene rings is 1. The molecule has 1 aromatic heterocycles. The van der Waals surface area contributed by atoms with E-state index in [9.17, 15) is 4.79 Å². The highest BCUT2D eigenvalue weighted by atomic mass is 16.4. The summed E-state index contributed by atoms with van der Waals surface area (Å²) >= 11 is 0. The number of aromatic nitrogens is 2. The highest BCUT2D eigenvalue weighted by Crippen LogP contribution is 2.17. The van der Waals surface area contributed by atoms with Crippen LogP contribution in [0.5, 0.6) is 5.75 Å². The minimum absolute atomic E-state index is 0.0995. The lowest BCUT2D eigenvalue weighted by Crippen LogP contribution is -2.07. The molecule has 1 atom stereocenters. The Balaban J connectivity index is 0.000000287. The summed E-state index contributed by atoms with van der Waals surface area (Å²) in [5, 5.41) is 17.4. The predicted molar refractivity (Wildman–Crippen MR) is 84.7 cm³/mol. The lowest BCUT2D eigenvalue weighted by atomic mass is 9.97. The van der Waals surface area contributed by atoms with Crippen molar-refractivity contribution >= 4 is 5.97 Å². The fraction of sp³-hybridized carbons (Fsp3) is 0.353. The summed E-state index contributed by atoms with van der Waals surface area (Å²) in [5.41, 5.74) is 2.14. The van der Waals surface area contributed by atoms with Gasteiger partial charge in [-0.15, -0.1) is 0 Å². The molecule has 22 heavy (non-hydrogen) atoms. The fourth-order valence-corrected chi connectivity index (χ4v) is 1.85. The zero-order chi connectivity index (χ0) is 16.5. The third-order valence-electron chi connectivity index (χ3n) is 3.04. The van der Waals surface area contributed by atoms with Crippen molar-refractivity contribution < 1.29 is 15.0 Å². The molecule has 5 heteroatoms. The molecule has 118 valence electrons. The molecule has 0 radical (unpaired) electrons. The van der Waals surface area contributed by atoms with Crippen molar-refractivity contribution in [3.63, 3.8) is 0 Å². The Kier molecular flexibility index (Phi) is 7.02. The lowest BCUT2D eigenvalue weighted by Gasteiger charge is -2.09. The third kappa shape index (κ3) is 6.35. The van der Waals surface area contributed by atoms with Gasteiger partial charge in [0.05, 0.1) is 18.3 Å². The van der Waals surface area contributed by atoms with E-state index in [1.807, 2.05) is 24.3 Å². The van der Waals surface area contributed by atoms with Gasteiger partial charge in [0.25, 0.3) is 0 Å². The highest BCUT2D eigenvalue weighted by Gasteiger charge is 2.12. The quantitative estimate of drug-likeness (QED) is 0.905. The first-order chi connectivity index (χ1) is 10.4. The molecule has 0 bridgehead atoms. The van der Waals surface area contributed by atoms with Crippen LogP contribution in [0.15, 0.2) is 43.0 Å². The number of nitrogens with zero attached hydrogens (tertiary/aromatic N) is 2. The first kappa shape index (κ1) is 17.6. The van der Waals surface area contributed by atoms with Crippen molar-refractivity contribution in [3.8, 4) is 5.75 Å². The van der Waals surface area contributed by atoms with Gasteiger partial charge in [0.1, 0.15) is 6.33 Å². The zero-order valence-corrected chi connectivity index (χ0v) is 13.1. The van der Waals surface area contributed by atoms with Crippen LogP contribution >= 0.6 is 0 Å². The molecule has 5 nitrogen and oxygen atoms in total. The Labute approximate surface area is 130 Å². The highest BCUT2D eigenvalue weighted by molar-refractivity contribution is 5.75. The molecule has 0 aliphatic carbocycles. The summed E-state index contributed by atoms with van der Waals surface area (Å²) in [6.07, 6.45) is 5.06. The summed E-state index contributed by atoms with van der Waals surface area (Å²) in [6, 6.07) is 7.87. The molecule has 1 heterocycles. The first-order valence-corrected chi connectivity index (χ1v) is 7.15. The summed E-state index contributed by atoms with van der Waals surface area (Å²) in [6.45, 7) is 6.06. The molecular formula is C17H22N2O3. The van der Waals surface area contributed by atoms with Crippen LogP contribution in [0.1, 0.15) is 37.8 Å². The van der Waals surface area contributed by atoms with Crippen LogP contribution in [-0.4, -0.2) is 26.2 Å². The lowest BCUT2D eigenvalue weighted by molar-refractivity contribution is -0.138. The van der Waals surface area contributed by atoms with Crippen molar-refractivity contribution in [2.75, 3.05) is 0 Å². The smallest absolute Gasteiger partial charge is 0.310 e. The standard InChI is InChI=1S/C13H18O2.C4H4N2O/c1-9(2)8-11-4-6-12(7-5-11)10(3)13(14)15;7-4-1-5-3-6-2-4/h4-7,9-10H,8H2,1-3H3,(H,14,15);1-3,7H. The average Bonchev–Trinajstić information content (AvgIpc) is 2.48. The van der Waals surface area contributed by atoms with Crippen LogP contribution in [0.25, 0.3) is 0 Å². The van der Waals surface area contributed by atoms with Crippen molar-refractivity contribution in [1.29, 1.82) is 0 Å². The van der Waals surface area contributed by atoms with E-state index >= 15 is 0 Å². The SMILES string of the molecule is CC(C)Cc1ccc(C(C)C(=O)O)cc1.Oc1cncnc1. The zero-order valence-electron chi connectivity index (χ0n) is 13.1. The molecule has 0 fully saturated rings. The number of carboxylic acid groups (broad SMARTS) is 1. The maximum Gasteiger partial charge on any atom is 0.310 e. The molecule has 1 unspecified atom stereocenters. The van der Waals surface area contributed by atoms with Gasteiger partial charge in [-0.25, -0.2) is 9.97 Å². The Morgan fingerprint density at radius 2 is 1.64 bits per heavy atom. The number of aromatic hydroxyl groups is 1. The maximum atomic E-state index is 10.8. The first-order valence-electron chi connectivity index (χ1n) is 7.15. The number of rotatable bonds is 4. The second-order valence-corrected chi connectivity index (χ2v) is 5.50. The largest absolute Gasteiger partial charge is 0.505 e. The normalized spacial score (nSPS) is 11.5. The van der Waals surface area contributed by atoms with Crippen LogP contribution < -0.4 is 0 Å². The van der Waals surface area contributed by atoms with Gasteiger partial charge in [-0.3, -0.25) is 4.79 Å². The molecule has 2 N–H and O–H groups in total. The summed E-state index contributed by atoms with van der Waals surface area (Å²) in [5.74, 6) is -0.458. The third-order valence-corrected chi connectivity index (χ3v) is 3.04. The number of hydrogen-bond donors (Lipinski definition) is 2.